The van der Waals surface area contributed by atoms with Crippen LogP contribution in [0.15, 0.2) is 42.9 Å². The van der Waals surface area contributed by atoms with E-state index in [0.717, 1.165) is 12.4 Å². The molecule has 5 heterocycles. The Morgan fingerprint density at radius 1 is 1.08 bits per heavy atom. The molecule has 1 saturated carbocycles. The summed E-state index contributed by atoms with van der Waals surface area (Å²) < 4.78 is 59.7. The quantitative estimate of drug-likeness (QED) is 0.378. The predicted octanol–water partition coefficient (Wildman–Crippen LogP) is 3.38. The molecule has 0 aromatic carbocycles. The smallest absolute Gasteiger partial charge is 0.437 e. The number of ether oxygens (including phenoxy) is 1. The van der Waals surface area contributed by atoms with Gasteiger partial charge in [0.25, 0.3) is 5.91 Å². The second kappa shape index (κ2) is 8.46. The summed E-state index contributed by atoms with van der Waals surface area (Å²) in [4.78, 5) is 35.3. The SMILES string of the molecule is Cn1c(-c2ccc(F)cn2)nc2nc(C(=O)N3C[C@@H]4[C@H](COc5cccnc5C(F)(F)F)[C@@H]4C3)cnc21. The van der Waals surface area contributed by atoms with Crippen LogP contribution < -0.4 is 4.74 Å². The predicted molar refractivity (Wildman–Crippen MR) is 121 cm³/mol. The normalized spacial score (nSPS) is 20.8. The zero-order valence-corrected chi connectivity index (χ0v) is 19.4. The molecule has 3 atom stereocenters. The molecule has 0 N–H and O–H groups in total. The zero-order chi connectivity index (χ0) is 25.9. The number of aryl methyl sites for hydroxylation is 1. The van der Waals surface area contributed by atoms with Crippen LogP contribution in [0.25, 0.3) is 22.8 Å². The third-order valence-electron chi connectivity index (χ3n) is 6.89. The topological polar surface area (TPSA) is 98.9 Å². The summed E-state index contributed by atoms with van der Waals surface area (Å²) in [7, 11) is 1.73. The molecule has 190 valence electrons. The Balaban J connectivity index is 1.11. The van der Waals surface area contributed by atoms with Gasteiger partial charge in [0.05, 0.1) is 19.0 Å². The van der Waals surface area contributed by atoms with Gasteiger partial charge in [0.1, 0.15) is 23.0 Å². The molecule has 13 heteroatoms. The maximum atomic E-state index is 13.2. The number of halogens is 4. The lowest BCUT2D eigenvalue weighted by Crippen LogP contribution is -2.33. The van der Waals surface area contributed by atoms with Gasteiger partial charge in [-0.05, 0) is 36.1 Å². The average Bonchev–Trinajstić information content (AvgIpc) is 3.18. The number of rotatable bonds is 5. The number of amides is 1. The fourth-order valence-electron chi connectivity index (χ4n) is 4.93. The van der Waals surface area contributed by atoms with Crippen LogP contribution in [0, 0.1) is 23.6 Å². The second-order valence-corrected chi connectivity index (χ2v) is 9.12. The maximum absolute atomic E-state index is 13.2. The van der Waals surface area contributed by atoms with Gasteiger partial charge in [-0.2, -0.15) is 13.2 Å². The number of hydrogen-bond acceptors (Lipinski definition) is 7. The van der Waals surface area contributed by atoms with Gasteiger partial charge >= 0.3 is 6.18 Å². The van der Waals surface area contributed by atoms with Crippen molar-refractivity contribution in [2.75, 3.05) is 19.7 Å². The number of pyridine rings is 2. The highest BCUT2D eigenvalue weighted by atomic mass is 19.4. The van der Waals surface area contributed by atoms with Gasteiger partial charge in [-0.15, -0.1) is 0 Å². The molecular formula is C24H19F4N7O2. The summed E-state index contributed by atoms with van der Waals surface area (Å²) in [6.45, 7) is 1.05. The summed E-state index contributed by atoms with van der Waals surface area (Å²) in [6.07, 6.45) is -1.03. The van der Waals surface area contributed by atoms with E-state index >= 15 is 0 Å². The summed E-state index contributed by atoms with van der Waals surface area (Å²) in [5.41, 5.74) is 0.260. The minimum atomic E-state index is -4.59. The van der Waals surface area contributed by atoms with E-state index in [-0.39, 0.29) is 47.4 Å². The number of aromatic nitrogens is 6. The molecule has 1 saturated heterocycles. The Morgan fingerprint density at radius 2 is 1.86 bits per heavy atom. The Hall–Kier alpha value is -4.16. The van der Waals surface area contributed by atoms with Gasteiger partial charge < -0.3 is 14.2 Å². The minimum absolute atomic E-state index is 0.0699. The third kappa shape index (κ3) is 4.13. The largest absolute Gasteiger partial charge is 0.491 e. The van der Waals surface area contributed by atoms with Gasteiger partial charge in [-0.3, -0.25) is 4.79 Å². The van der Waals surface area contributed by atoms with Gasteiger partial charge in [0, 0.05) is 32.3 Å². The van der Waals surface area contributed by atoms with E-state index in [1.807, 2.05) is 0 Å². The number of hydrogen-bond donors (Lipinski definition) is 0. The van der Waals surface area contributed by atoms with Crippen molar-refractivity contribution in [3.8, 4) is 17.3 Å². The minimum Gasteiger partial charge on any atom is -0.491 e. The Kier molecular flexibility index (Phi) is 5.31. The standard InChI is InChI=1S/C24H19F4N7O2/c1-34-21(16-5-4-12(25)7-30-16)33-20-22(34)31-8-17(32-20)23(36)35-9-13-14(10-35)15(13)11-37-18-3-2-6-29-19(18)24(26,27)28/h2-8,13-15H,9-11H2,1H3/t13-,14+,15-. The van der Waals surface area contributed by atoms with Crippen LogP contribution in [-0.4, -0.2) is 60.0 Å². The molecule has 0 bridgehead atoms. The molecule has 2 aliphatic rings. The number of fused-ring (bicyclic) bond motifs is 2. The maximum Gasteiger partial charge on any atom is 0.437 e. The molecule has 0 spiro atoms. The molecule has 4 aromatic rings. The number of piperidine rings is 1. The first-order valence-electron chi connectivity index (χ1n) is 11.5. The molecule has 37 heavy (non-hydrogen) atoms. The highest BCUT2D eigenvalue weighted by molar-refractivity contribution is 5.93. The van der Waals surface area contributed by atoms with Crippen LogP contribution in [0.4, 0.5) is 17.6 Å². The fraction of sp³-hybridized carbons (Fsp3) is 0.333. The lowest BCUT2D eigenvalue weighted by atomic mass is 10.2. The van der Waals surface area contributed by atoms with Crippen molar-refractivity contribution in [2.24, 2.45) is 24.8 Å². The monoisotopic (exact) mass is 513 g/mol. The highest BCUT2D eigenvalue weighted by Crippen LogP contribution is 2.52. The molecular weight excluding hydrogens is 494 g/mol. The Morgan fingerprint density at radius 3 is 2.57 bits per heavy atom. The van der Waals surface area contributed by atoms with Crippen LogP contribution in [0.2, 0.25) is 0 Å². The number of alkyl halides is 3. The van der Waals surface area contributed by atoms with E-state index in [4.69, 9.17) is 4.74 Å². The third-order valence-corrected chi connectivity index (χ3v) is 6.89. The van der Waals surface area contributed by atoms with Crippen molar-refractivity contribution in [2.45, 2.75) is 6.18 Å². The lowest BCUT2D eigenvalue weighted by molar-refractivity contribution is -0.142. The van der Waals surface area contributed by atoms with Crippen molar-refractivity contribution in [3.63, 3.8) is 0 Å². The van der Waals surface area contributed by atoms with E-state index in [0.29, 0.717) is 30.3 Å². The molecule has 1 amide bonds. The van der Waals surface area contributed by atoms with E-state index in [2.05, 4.69) is 24.9 Å². The number of carbonyl (C=O) groups excluding carboxylic acids is 1. The molecule has 2 fully saturated rings. The molecule has 4 aromatic heterocycles. The highest BCUT2D eigenvalue weighted by Gasteiger charge is 2.57. The second-order valence-electron chi connectivity index (χ2n) is 9.12. The van der Waals surface area contributed by atoms with Gasteiger partial charge in [0.2, 0.25) is 0 Å². The first-order valence-corrected chi connectivity index (χ1v) is 11.5. The van der Waals surface area contributed by atoms with E-state index < -0.39 is 17.7 Å². The molecule has 0 radical (unpaired) electrons. The van der Waals surface area contributed by atoms with Gasteiger partial charge in [0.15, 0.2) is 22.8 Å². The number of likely N-dealkylation sites (tertiary alicyclic amines) is 1. The molecule has 6 rings (SSSR count). The van der Waals surface area contributed by atoms with Crippen molar-refractivity contribution in [1.82, 2.24) is 34.4 Å². The summed E-state index contributed by atoms with van der Waals surface area (Å²) in [5.74, 6) is -0.239. The lowest BCUT2D eigenvalue weighted by Gasteiger charge is -2.19. The van der Waals surface area contributed by atoms with E-state index in [1.165, 1.54) is 30.5 Å². The van der Waals surface area contributed by atoms with Crippen LogP contribution in [0.3, 0.4) is 0 Å². The van der Waals surface area contributed by atoms with Crippen LogP contribution >= 0.6 is 0 Å². The van der Waals surface area contributed by atoms with Crippen LogP contribution in [0.5, 0.6) is 5.75 Å². The molecule has 0 unspecified atom stereocenters. The van der Waals surface area contributed by atoms with E-state index in [9.17, 15) is 22.4 Å². The molecule has 1 aliphatic heterocycles. The Labute approximate surface area is 207 Å². The molecule has 1 aliphatic carbocycles. The van der Waals surface area contributed by atoms with E-state index in [1.54, 1.807) is 16.5 Å². The summed E-state index contributed by atoms with van der Waals surface area (Å²) >= 11 is 0. The number of carbonyl (C=O) groups is 1. The fourth-order valence-corrected chi connectivity index (χ4v) is 4.93. The van der Waals surface area contributed by atoms with Crippen molar-refractivity contribution in [3.05, 3.63) is 60.1 Å². The van der Waals surface area contributed by atoms with Crippen molar-refractivity contribution >= 4 is 17.2 Å². The number of nitrogens with zero attached hydrogens (tertiary/aromatic N) is 7. The summed E-state index contributed by atoms with van der Waals surface area (Å²) in [5, 5.41) is 0. The van der Waals surface area contributed by atoms with Crippen molar-refractivity contribution < 1.29 is 27.1 Å². The first kappa shape index (κ1) is 23.3. The van der Waals surface area contributed by atoms with Crippen molar-refractivity contribution in [1.29, 1.82) is 0 Å². The summed E-state index contributed by atoms with van der Waals surface area (Å²) in [6, 6.07) is 5.43. The molecule has 9 nitrogen and oxygen atoms in total. The van der Waals surface area contributed by atoms with Gasteiger partial charge in [-0.1, -0.05) is 0 Å². The van der Waals surface area contributed by atoms with Crippen LogP contribution in [0.1, 0.15) is 16.2 Å². The average molecular weight is 513 g/mol. The Bertz CT molecular complexity index is 1490. The first-order chi connectivity index (χ1) is 17.7. The zero-order valence-electron chi connectivity index (χ0n) is 19.4. The van der Waals surface area contributed by atoms with Gasteiger partial charge in [-0.25, -0.2) is 29.3 Å². The number of imidazole rings is 1. The van der Waals surface area contributed by atoms with Crippen LogP contribution in [-0.2, 0) is 13.2 Å².